The van der Waals surface area contributed by atoms with E-state index in [1.807, 2.05) is 72.8 Å². The van der Waals surface area contributed by atoms with Gasteiger partial charge in [0.25, 0.3) is 0 Å². The normalized spacial score (nSPS) is 11.8. The van der Waals surface area contributed by atoms with Gasteiger partial charge in [0.05, 0.1) is 24.0 Å². The van der Waals surface area contributed by atoms with Gasteiger partial charge in [0.15, 0.2) is 0 Å². The van der Waals surface area contributed by atoms with Gasteiger partial charge < -0.3 is 4.74 Å². The molecular weight excluding hydrogens is 352 g/mol. The summed E-state index contributed by atoms with van der Waals surface area (Å²) >= 11 is 7.83. The topological polar surface area (TPSA) is 26.5 Å². The Morgan fingerprint density at radius 3 is 2.44 bits per heavy atom. The first-order valence-corrected chi connectivity index (χ1v) is 8.95. The van der Waals surface area contributed by atoms with Crippen LogP contribution >= 0.6 is 23.1 Å². The number of nitrogens with zero attached hydrogens (tertiary/aromatic N) is 2. The van der Waals surface area contributed by atoms with Gasteiger partial charge in [-0.25, -0.2) is 4.99 Å². The van der Waals surface area contributed by atoms with E-state index in [-0.39, 0.29) is 0 Å². The minimum Gasteiger partial charge on any atom is -0.497 e. The van der Waals surface area contributed by atoms with Crippen molar-refractivity contribution in [3.63, 3.8) is 0 Å². The first-order chi connectivity index (χ1) is 12.2. The number of hydrogen-bond acceptors (Lipinski definition) is 3. The molecule has 1 heterocycles. The zero-order valence-electron chi connectivity index (χ0n) is 13.5. The van der Waals surface area contributed by atoms with Gasteiger partial charge in [-0.2, -0.15) is 0 Å². The Hall–Kier alpha value is -2.56. The highest BCUT2D eigenvalue weighted by molar-refractivity contribution is 7.05. The highest BCUT2D eigenvalue weighted by atomic mass is 35.5. The average molecular weight is 367 g/mol. The number of para-hydroxylation sites is 1. The zero-order chi connectivity index (χ0) is 17.2. The van der Waals surface area contributed by atoms with E-state index in [9.17, 15) is 0 Å². The van der Waals surface area contributed by atoms with E-state index in [1.54, 1.807) is 18.6 Å². The third-order valence-corrected chi connectivity index (χ3v) is 5.19. The maximum absolute atomic E-state index is 6.24. The van der Waals surface area contributed by atoms with Crippen LogP contribution in [0.25, 0.3) is 16.6 Å². The van der Waals surface area contributed by atoms with Crippen molar-refractivity contribution in [2.45, 2.75) is 0 Å². The van der Waals surface area contributed by atoms with Gasteiger partial charge >= 0.3 is 0 Å². The van der Waals surface area contributed by atoms with Crippen LogP contribution in [-0.2, 0) is 0 Å². The molecule has 0 radical (unpaired) electrons. The van der Waals surface area contributed by atoms with Crippen molar-refractivity contribution in [3.05, 3.63) is 82.5 Å². The summed E-state index contributed by atoms with van der Waals surface area (Å²) in [7, 11) is 1.67. The highest BCUT2D eigenvalue weighted by Crippen LogP contribution is 2.25. The molecule has 5 heteroatoms. The van der Waals surface area contributed by atoms with Crippen molar-refractivity contribution >= 4 is 39.7 Å². The average Bonchev–Trinajstić information content (AvgIpc) is 3.00. The van der Waals surface area contributed by atoms with Crippen molar-refractivity contribution in [2.75, 3.05) is 7.11 Å². The molecule has 0 saturated heterocycles. The molecule has 4 aromatic rings. The number of fused-ring (bicyclic) bond motifs is 1. The Labute approximate surface area is 154 Å². The van der Waals surface area contributed by atoms with Crippen LogP contribution in [0.3, 0.4) is 0 Å². The molecule has 0 fully saturated rings. The first-order valence-electron chi connectivity index (χ1n) is 7.80. The molecule has 0 bridgehead atoms. The molecule has 0 aliphatic heterocycles. The lowest BCUT2D eigenvalue weighted by molar-refractivity contribution is 0.415. The van der Waals surface area contributed by atoms with Gasteiger partial charge in [-0.1, -0.05) is 29.8 Å². The Morgan fingerprint density at radius 2 is 1.72 bits per heavy atom. The lowest BCUT2D eigenvalue weighted by Crippen LogP contribution is -1.92. The summed E-state index contributed by atoms with van der Waals surface area (Å²) in [6, 6.07) is 23.8. The Bertz CT molecular complexity index is 1080. The summed E-state index contributed by atoms with van der Waals surface area (Å²) in [5.41, 5.74) is 3.02. The number of halogens is 1. The number of methoxy groups -OCH3 is 1. The molecule has 0 unspecified atom stereocenters. The van der Waals surface area contributed by atoms with E-state index in [1.165, 1.54) is 0 Å². The van der Waals surface area contributed by atoms with Crippen LogP contribution in [0.4, 0.5) is 5.69 Å². The van der Waals surface area contributed by atoms with Crippen LogP contribution in [0.5, 0.6) is 5.75 Å². The fraction of sp³-hybridized carbons (Fsp3) is 0.0500. The third kappa shape index (κ3) is 3.18. The first kappa shape index (κ1) is 15.9. The molecule has 0 N–H and O–H groups in total. The van der Waals surface area contributed by atoms with Crippen LogP contribution in [-0.4, -0.2) is 11.1 Å². The fourth-order valence-electron chi connectivity index (χ4n) is 2.65. The SMILES string of the molecule is COc1ccc(-n2sc(=Nc3ccccc3)c3ccc(Cl)cc32)cc1. The molecule has 0 atom stereocenters. The number of ether oxygens (including phenoxy) is 1. The van der Waals surface area contributed by atoms with Crippen molar-refractivity contribution in [3.8, 4) is 11.4 Å². The summed E-state index contributed by atoms with van der Waals surface area (Å²) < 4.78 is 8.34. The monoisotopic (exact) mass is 366 g/mol. The van der Waals surface area contributed by atoms with E-state index in [2.05, 4.69) is 3.96 Å². The fourth-order valence-corrected chi connectivity index (χ4v) is 3.88. The van der Waals surface area contributed by atoms with E-state index >= 15 is 0 Å². The Kier molecular flexibility index (Phi) is 4.30. The predicted molar refractivity (Wildman–Crippen MR) is 104 cm³/mol. The number of aromatic nitrogens is 1. The molecule has 25 heavy (non-hydrogen) atoms. The second kappa shape index (κ2) is 6.75. The minimum atomic E-state index is 0.707. The maximum atomic E-state index is 6.24. The van der Waals surface area contributed by atoms with Crippen molar-refractivity contribution in [1.82, 2.24) is 3.96 Å². The van der Waals surface area contributed by atoms with Crippen LogP contribution in [0.2, 0.25) is 5.02 Å². The predicted octanol–water partition coefficient (Wildman–Crippen LogP) is 5.59. The van der Waals surface area contributed by atoms with E-state index in [0.717, 1.165) is 32.7 Å². The molecule has 0 spiro atoms. The minimum absolute atomic E-state index is 0.707. The van der Waals surface area contributed by atoms with Crippen molar-refractivity contribution < 1.29 is 4.74 Å². The summed E-state index contributed by atoms with van der Waals surface area (Å²) in [6.07, 6.45) is 0. The largest absolute Gasteiger partial charge is 0.497 e. The van der Waals surface area contributed by atoms with Gasteiger partial charge in [-0.15, -0.1) is 0 Å². The van der Waals surface area contributed by atoms with Gasteiger partial charge in [0.2, 0.25) is 0 Å². The molecule has 0 amide bonds. The van der Waals surface area contributed by atoms with Gasteiger partial charge in [-0.05, 0) is 66.1 Å². The van der Waals surface area contributed by atoms with Gasteiger partial charge in [-0.3, -0.25) is 3.96 Å². The molecule has 0 aliphatic rings. The quantitative estimate of drug-likeness (QED) is 0.464. The zero-order valence-corrected chi connectivity index (χ0v) is 15.1. The second-order valence-corrected chi connectivity index (χ2v) is 6.87. The maximum Gasteiger partial charge on any atom is 0.143 e. The molecule has 0 aliphatic carbocycles. The smallest absolute Gasteiger partial charge is 0.143 e. The molecule has 3 nitrogen and oxygen atoms in total. The lowest BCUT2D eigenvalue weighted by Gasteiger charge is -2.05. The summed E-state index contributed by atoms with van der Waals surface area (Å²) in [5.74, 6) is 0.831. The third-order valence-electron chi connectivity index (χ3n) is 3.88. The van der Waals surface area contributed by atoms with Crippen molar-refractivity contribution in [2.24, 2.45) is 4.99 Å². The summed E-state index contributed by atoms with van der Waals surface area (Å²) in [6.45, 7) is 0. The summed E-state index contributed by atoms with van der Waals surface area (Å²) in [5, 5.41) is 1.79. The van der Waals surface area contributed by atoms with Crippen LogP contribution in [0.1, 0.15) is 0 Å². The standard InChI is InChI=1S/C20H15ClN2OS/c1-24-17-10-8-16(9-11-17)23-19-13-14(21)7-12-18(19)20(25-23)22-15-5-3-2-4-6-15/h2-13H,1H3. The second-order valence-electron chi connectivity index (χ2n) is 5.50. The number of benzene rings is 3. The van der Waals surface area contributed by atoms with E-state index in [4.69, 9.17) is 21.3 Å². The highest BCUT2D eigenvalue weighted by Gasteiger charge is 2.09. The molecule has 4 rings (SSSR count). The number of hydrogen-bond donors (Lipinski definition) is 0. The Morgan fingerprint density at radius 1 is 0.960 bits per heavy atom. The van der Waals surface area contributed by atoms with Crippen molar-refractivity contribution in [1.29, 1.82) is 0 Å². The van der Waals surface area contributed by atoms with E-state index in [0.29, 0.717) is 5.02 Å². The van der Waals surface area contributed by atoms with Crippen LogP contribution in [0, 0.1) is 0 Å². The number of rotatable bonds is 3. The Balaban J connectivity index is 1.95. The van der Waals surface area contributed by atoms with Crippen LogP contribution in [0.15, 0.2) is 77.8 Å². The van der Waals surface area contributed by atoms with Crippen LogP contribution < -0.4 is 9.41 Å². The molecule has 0 saturated carbocycles. The van der Waals surface area contributed by atoms with Gasteiger partial charge in [0.1, 0.15) is 10.4 Å². The molecule has 124 valence electrons. The van der Waals surface area contributed by atoms with E-state index < -0.39 is 0 Å². The van der Waals surface area contributed by atoms with Gasteiger partial charge in [0, 0.05) is 10.4 Å². The molecular formula is C20H15ClN2OS. The lowest BCUT2D eigenvalue weighted by atomic mass is 10.2. The molecule has 3 aromatic carbocycles. The summed E-state index contributed by atoms with van der Waals surface area (Å²) in [4.78, 5) is 4.81. The molecule has 1 aromatic heterocycles.